The zero-order chi connectivity index (χ0) is 11.1. The first-order valence-electron chi connectivity index (χ1n) is 6.05. The lowest BCUT2D eigenvalue weighted by molar-refractivity contribution is 0.553. The van der Waals surface area contributed by atoms with Crippen molar-refractivity contribution in [1.29, 1.82) is 5.26 Å². The predicted octanol–water partition coefficient (Wildman–Crippen LogP) is 2.86. The molecule has 0 amide bonds. The summed E-state index contributed by atoms with van der Waals surface area (Å²) in [6.45, 7) is 3.33. The molecule has 3 rings (SSSR count). The summed E-state index contributed by atoms with van der Waals surface area (Å²) in [6, 6.07) is 9.02. The Kier molecular flexibility index (Phi) is 2.14. The van der Waals surface area contributed by atoms with E-state index in [1.165, 1.54) is 37.1 Å². The summed E-state index contributed by atoms with van der Waals surface area (Å²) in [5, 5.41) is 8.86. The van der Waals surface area contributed by atoms with Crippen LogP contribution in [-0.4, -0.2) is 12.6 Å². The number of nitriles is 1. The Morgan fingerprint density at radius 2 is 2.25 bits per heavy atom. The quantitative estimate of drug-likeness (QED) is 0.715. The fourth-order valence-electron chi connectivity index (χ4n) is 3.27. The van der Waals surface area contributed by atoms with Crippen molar-refractivity contribution in [1.82, 2.24) is 0 Å². The van der Waals surface area contributed by atoms with Gasteiger partial charge in [0.25, 0.3) is 0 Å². The third-order valence-corrected chi connectivity index (χ3v) is 4.04. The number of rotatable bonds is 1. The second kappa shape index (κ2) is 3.52. The van der Waals surface area contributed by atoms with E-state index in [1.807, 2.05) is 12.1 Å². The maximum Gasteiger partial charge on any atom is 0.0991 e. The molecule has 1 aromatic carbocycles. The van der Waals surface area contributed by atoms with E-state index in [0.29, 0.717) is 0 Å². The largest absolute Gasteiger partial charge is 0.368 e. The fourth-order valence-corrected chi connectivity index (χ4v) is 3.27. The summed E-state index contributed by atoms with van der Waals surface area (Å²) in [6.07, 6.45) is 4.14. The van der Waals surface area contributed by atoms with E-state index in [0.717, 1.165) is 17.5 Å². The summed E-state index contributed by atoms with van der Waals surface area (Å²) in [5.41, 5.74) is 3.35. The zero-order valence-corrected chi connectivity index (χ0v) is 9.61. The average Bonchev–Trinajstić information content (AvgIpc) is 2.90. The van der Waals surface area contributed by atoms with Gasteiger partial charge in [0.1, 0.15) is 0 Å². The normalized spacial score (nSPS) is 27.1. The highest BCUT2D eigenvalue weighted by Crippen LogP contribution is 2.41. The van der Waals surface area contributed by atoms with Crippen molar-refractivity contribution < 1.29 is 0 Å². The molecule has 0 spiro atoms. The van der Waals surface area contributed by atoms with Gasteiger partial charge in [-0.1, -0.05) is 0 Å². The van der Waals surface area contributed by atoms with E-state index < -0.39 is 0 Å². The Hall–Kier alpha value is -1.49. The number of benzene rings is 1. The van der Waals surface area contributed by atoms with Crippen LogP contribution in [0, 0.1) is 24.2 Å². The Labute approximate surface area is 96.5 Å². The molecule has 2 heteroatoms. The molecule has 0 radical (unpaired) electrons. The molecule has 2 nitrogen and oxygen atoms in total. The molecule has 1 aliphatic carbocycles. The van der Waals surface area contributed by atoms with Gasteiger partial charge in [-0.2, -0.15) is 5.26 Å². The fraction of sp³-hybridized carbons (Fsp3) is 0.500. The molecular formula is C14H16N2. The zero-order valence-electron chi connectivity index (χ0n) is 9.61. The summed E-state index contributed by atoms with van der Waals surface area (Å²) < 4.78 is 0. The van der Waals surface area contributed by atoms with Crippen LogP contribution in [0.25, 0.3) is 0 Å². The Balaban J connectivity index is 1.93. The highest BCUT2D eigenvalue weighted by atomic mass is 15.2. The minimum Gasteiger partial charge on any atom is -0.368 e. The molecular weight excluding hydrogens is 196 g/mol. The number of nitrogens with zero attached hydrogens (tertiary/aromatic N) is 2. The lowest BCUT2D eigenvalue weighted by atomic mass is 10.1. The van der Waals surface area contributed by atoms with Crippen molar-refractivity contribution in [3.8, 4) is 6.07 Å². The van der Waals surface area contributed by atoms with Gasteiger partial charge < -0.3 is 4.90 Å². The van der Waals surface area contributed by atoms with Gasteiger partial charge in [0, 0.05) is 18.3 Å². The molecule has 16 heavy (non-hydrogen) atoms. The number of hydrogen-bond donors (Lipinski definition) is 0. The van der Waals surface area contributed by atoms with Crippen LogP contribution in [0.3, 0.4) is 0 Å². The Morgan fingerprint density at radius 1 is 1.38 bits per heavy atom. The van der Waals surface area contributed by atoms with Gasteiger partial charge in [0.15, 0.2) is 0 Å². The smallest absolute Gasteiger partial charge is 0.0991 e. The van der Waals surface area contributed by atoms with E-state index in [-0.39, 0.29) is 0 Å². The van der Waals surface area contributed by atoms with Gasteiger partial charge in [-0.25, -0.2) is 0 Å². The molecule has 1 heterocycles. The maximum absolute atomic E-state index is 8.86. The molecule has 2 aliphatic rings. The van der Waals surface area contributed by atoms with Crippen LogP contribution in [-0.2, 0) is 0 Å². The lowest BCUT2D eigenvalue weighted by Gasteiger charge is -2.30. The minimum atomic E-state index is 0.761. The van der Waals surface area contributed by atoms with Gasteiger partial charge in [-0.15, -0.1) is 0 Å². The van der Waals surface area contributed by atoms with Gasteiger partial charge >= 0.3 is 0 Å². The van der Waals surface area contributed by atoms with E-state index in [4.69, 9.17) is 5.26 Å². The molecule has 1 aliphatic heterocycles. The van der Waals surface area contributed by atoms with Crippen molar-refractivity contribution in [2.45, 2.75) is 32.2 Å². The summed E-state index contributed by atoms with van der Waals surface area (Å²) in [4.78, 5) is 2.55. The van der Waals surface area contributed by atoms with Gasteiger partial charge in [-0.3, -0.25) is 0 Å². The molecule has 1 saturated carbocycles. The third kappa shape index (κ3) is 1.39. The third-order valence-electron chi connectivity index (χ3n) is 4.04. The SMILES string of the molecule is Cc1cc(C#N)ccc1N1CC2CCC1C2. The van der Waals surface area contributed by atoms with Crippen molar-refractivity contribution in [2.24, 2.45) is 5.92 Å². The first kappa shape index (κ1) is 9.72. The second-order valence-electron chi connectivity index (χ2n) is 5.10. The highest BCUT2D eigenvalue weighted by molar-refractivity contribution is 5.58. The first-order valence-corrected chi connectivity index (χ1v) is 6.05. The Morgan fingerprint density at radius 3 is 2.81 bits per heavy atom. The van der Waals surface area contributed by atoms with E-state index in [2.05, 4.69) is 24.0 Å². The van der Waals surface area contributed by atoms with E-state index in [1.54, 1.807) is 0 Å². The molecule has 1 aromatic rings. The van der Waals surface area contributed by atoms with E-state index >= 15 is 0 Å². The molecule has 2 fully saturated rings. The summed E-state index contributed by atoms with van der Waals surface area (Å²) in [7, 11) is 0. The van der Waals surface area contributed by atoms with Gasteiger partial charge in [0.05, 0.1) is 11.6 Å². The van der Waals surface area contributed by atoms with Gasteiger partial charge in [0.2, 0.25) is 0 Å². The summed E-state index contributed by atoms with van der Waals surface area (Å²) >= 11 is 0. The van der Waals surface area contributed by atoms with Crippen molar-refractivity contribution in [3.05, 3.63) is 29.3 Å². The second-order valence-corrected chi connectivity index (χ2v) is 5.10. The van der Waals surface area contributed by atoms with Crippen LogP contribution in [0.5, 0.6) is 0 Å². The average molecular weight is 212 g/mol. The minimum absolute atomic E-state index is 0.761. The number of fused-ring (bicyclic) bond motifs is 2. The van der Waals surface area contributed by atoms with E-state index in [9.17, 15) is 0 Å². The first-order chi connectivity index (χ1) is 7.78. The summed E-state index contributed by atoms with van der Waals surface area (Å²) in [5.74, 6) is 0.917. The molecule has 2 unspecified atom stereocenters. The van der Waals surface area contributed by atoms with Crippen molar-refractivity contribution in [2.75, 3.05) is 11.4 Å². The van der Waals surface area contributed by atoms with Crippen LogP contribution < -0.4 is 4.90 Å². The topological polar surface area (TPSA) is 27.0 Å². The number of hydrogen-bond acceptors (Lipinski definition) is 2. The molecule has 2 atom stereocenters. The van der Waals surface area contributed by atoms with Crippen LogP contribution >= 0.6 is 0 Å². The molecule has 1 saturated heterocycles. The molecule has 0 aromatic heterocycles. The highest BCUT2D eigenvalue weighted by Gasteiger charge is 2.38. The number of aryl methyl sites for hydroxylation is 1. The number of anilines is 1. The van der Waals surface area contributed by atoms with Crippen LogP contribution in [0.15, 0.2) is 18.2 Å². The van der Waals surface area contributed by atoms with Gasteiger partial charge in [-0.05, 0) is 55.9 Å². The van der Waals surface area contributed by atoms with Crippen LogP contribution in [0.1, 0.15) is 30.4 Å². The molecule has 82 valence electrons. The van der Waals surface area contributed by atoms with Crippen molar-refractivity contribution in [3.63, 3.8) is 0 Å². The Bertz CT molecular complexity index is 458. The molecule has 0 N–H and O–H groups in total. The lowest BCUT2D eigenvalue weighted by Crippen LogP contribution is -2.32. The monoisotopic (exact) mass is 212 g/mol. The number of piperidine rings is 1. The molecule has 2 bridgehead atoms. The maximum atomic E-state index is 8.86. The standard InChI is InChI=1S/C14H16N2/c1-10-6-11(8-15)3-5-14(10)16-9-12-2-4-13(16)7-12/h3,5-6,12-13H,2,4,7,9H2,1H3. The van der Waals surface area contributed by atoms with Crippen molar-refractivity contribution >= 4 is 5.69 Å². The predicted molar refractivity (Wildman–Crippen MR) is 64.4 cm³/mol. The van der Waals surface area contributed by atoms with Crippen LogP contribution in [0.2, 0.25) is 0 Å². The van der Waals surface area contributed by atoms with Crippen LogP contribution in [0.4, 0.5) is 5.69 Å².